The lowest BCUT2D eigenvalue weighted by molar-refractivity contribution is 0.327. The number of hydrogen-bond acceptors (Lipinski definition) is 3. The molecule has 114 valence electrons. The molecule has 23 heavy (non-hydrogen) atoms. The summed E-state index contributed by atoms with van der Waals surface area (Å²) in [7, 11) is 0. The summed E-state index contributed by atoms with van der Waals surface area (Å²) in [6.45, 7) is 1.47. The van der Waals surface area contributed by atoms with Crippen LogP contribution in [0.2, 0.25) is 0 Å². The molecule has 0 fully saturated rings. The molecule has 1 aliphatic heterocycles. The predicted molar refractivity (Wildman–Crippen MR) is 96.0 cm³/mol. The van der Waals surface area contributed by atoms with Crippen LogP contribution in [-0.2, 0) is 0 Å². The number of rotatable bonds is 4. The smallest absolute Gasteiger partial charge is 0.119 e. The first kappa shape index (κ1) is 14.2. The van der Waals surface area contributed by atoms with Crippen molar-refractivity contribution in [2.75, 3.05) is 18.1 Å². The van der Waals surface area contributed by atoms with Gasteiger partial charge in [0.25, 0.3) is 0 Å². The van der Waals surface area contributed by atoms with E-state index in [-0.39, 0.29) is 0 Å². The first-order valence-electron chi connectivity index (χ1n) is 7.73. The molecular formula is C20H17NOS. The van der Waals surface area contributed by atoms with E-state index in [0.29, 0.717) is 6.61 Å². The van der Waals surface area contributed by atoms with Crippen molar-refractivity contribution in [1.82, 2.24) is 0 Å². The number of para-hydroxylation sites is 3. The summed E-state index contributed by atoms with van der Waals surface area (Å²) < 4.78 is 5.89. The Labute approximate surface area is 140 Å². The maximum atomic E-state index is 5.89. The van der Waals surface area contributed by atoms with Crippen LogP contribution in [0.1, 0.15) is 0 Å². The van der Waals surface area contributed by atoms with E-state index in [4.69, 9.17) is 4.74 Å². The molecule has 0 saturated heterocycles. The van der Waals surface area contributed by atoms with E-state index >= 15 is 0 Å². The highest BCUT2D eigenvalue weighted by atomic mass is 32.2. The fraction of sp³-hybridized carbons (Fsp3) is 0.100. The molecule has 0 saturated carbocycles. The highest BCUT2D eigenvalue weighted by Crippen LogP contribution is 2.47. The Morgan fingerprint density at radius 2 is 1.26 bits per heavy atom. The molecule has 0 amide bonds. The van der Waals surface area contributed by atoms with Gasteiger partial charge in [0.05, 0.1) is 17.9 Å². The molecule has 0 radical (unpaired) electrons. The average molecular weight is 319 g/mol. The van der Waals surface area contributed by atoms with E-state index in [2.05, 4.69) is 53.4 Å². The molecule has 0 N–H and O–H groups in total. The molecule has 0 unspecified atom stereocenters. The number of fused-ring (bicyclic) bond motifs is 2. The van der Waals surface area contributed by atoms with Crippen LogP contribution in [0.15, 0.2) is 88.7 Å². The van der Waals surface area contributed by atoms with Gasteiger partial charge in [0, 0.05) is 9.79 Å². The summed E-state index contributed by atoms with van der Waals surface area (Å²) in [5.74, 6) is 0.917. The van der Waals surface area contributed by atoms with Crippen LogP contribution in [0, 0.1) is 0 Å². The molecule has 0 bridgehead atoms. The fourth-order valence-corrected chi connectivity index (χ4v) is 3.89. The third-order valence-corrected chi connectivity index (χ3v) is 4.99. The minimum absolute atomic E-state index is 0.650. The molecule has 1 aliphatic rings. The highest BCUT2D eigenvalue weighted by molar-refractivity contribution is 7.99. The van der Waals surface area contributed by atoms with Gasteiger partial charge in [-0.2, -0.15) is 0 Å². The van der Waals surface area contributed by atoms with E-state index in [0.717, 1.165) is 12.3 Å². The molecule has 0 aromatic heterocycles. The van der Waals surface area contributed by atoms with Crippen LogP contribution in [0.3, 0.4) is 0 Å². The van der Waals surface area contributed by atoms with Crippen molar-refractivity contribution < 1.29 is 4.74 Å². The quantitative estimate of drug-likeness (QED) is 0.641. The number of nitrogens with zero attached hydrogens (tertiary/aromatic N) is 1. The van der Waals surface area contributed by atoms with Gasteiger partial charge in [-0.25, -0.2) is 0 Å². The molecule has 4 rings (SSSR count). The maximum Gasteiger partial charge on any atom is 0.119 e. The lowest BCUT2D eigenvalue weighted by Crippen LogP contribution is -2.26. The minimum Gasteiger partial charge on any atom is -0.492 e. The summed E-state index contributed by atoms with van der Waals surface area (Å²) >= 11 is 1.83. The summed E-state index contributed by atoms with van der Waals surface area (Å²) in [4.78, 5) is 4.95. The van der Waals surface area contributed by atoms with E-state index in [1.165, 1.54) is 21.2 Å². The standard InChI is InChI=1S/C20H17NOS/c1-2-8-16(9-3-1)22-15-14-21-17-10-4-6-12-19(17)23-20-13-7-5-11-18(20)21/h1-13H,14-15H2. The lowest BCUT2D eigenvalue weighted by atomic mass is 10.2. The number of benzene rings is 3. The summed E-state index contributed by atoms with van der Waals surface area (Å²) in [5, 5.41) is 0. The van der Waals surface area contributed by atoms with E-state index in [1.54, 1.807) is 0 Å². The molecule has 3 heteroatoms. The van der Waals surface area contributed by atoms with Crippen LogP contribution in [-0.4, -0.2) is 13.2 Å². The Balaban J connectivity index is 1.57. The number of ether oxygens (including phenoxy) is 1. The molecule has 3 aromatic carbocycles. The van der Waals surface area contributed by atoms with E-state index < -0.39 is 0 Å². The Morgan fingerprint density at radius 1 is 0.696 bits per heavy atom. The highest BCUT2D eigenvalue weighted by Gasteiger charge is 2.22. The molecule has 0 aliphatic carbocycles. The monoisotopic (exact) mass is 319 g/mol. The second kappa shape index (κ2) is 6.39. The Bertz CT molecular complexity index is 758. The van der Waals surface area contributed by atoms with Gasteiger partial charge in [-0.1, -0.05) is 54.2 Å². The lowest BCUT2D eigenvalue weighted by Gasteiger charge is -2.32. The molecule has 0 spiro atoms. The van der Waals surface area contributed by atoms with Crippen LogP contribution < -0.4 is 9.64 Å². The van der Waals surface area contributed by atoms with Gasteiger partial charge in [-0.3, -0.25) is 0 Å². The molecule has 3 aromatic rings. The Kier molecular flexibility index (Phi) is 3.95. The van der Waals surface area contributed by atoms with Gasteiger partial charge in [-0.05, 0) is 36.4 Å². The minimum atomic E-state index is 0.650. The molecule has 1 heterocycles. The zero-order chi connectivity index (χ0) is 15.5. The number of anilines is 2. The van der Waals surface area contributed by atoms with E-state index in [9.17, 15) is 0 Å². The van der Waals surface area contributed by atoms with Crippen molar-refractivity contribution in [2.24, 2.45) is 0 Å². The molecule has 0 atom stereocenters. The van der Waals surface area contributed by atoms with Gasteiger partial charge in [-0.15, -0.1) is 0 Å². The van der Waals surface area contributed by atoms with Gasteiger partial charge >= 0.3 is 0 Å². The second-order valence-electron chi connectivity index (χ2n) is 5.35. The third-order valence-electron chi connectivity index (χ3n) is 3.86. The van der Waals surface area contributed by atoms with Crippen LogP contribution in [0.4, 0.5) is 11.4 Å². The average Bonchev–Trinajstić information content (AvgIpc) is 2.62. The largest absolute Gasteiger partial charge is 0.492 e. The van der Waals surface area contributed by atoms with Gasteiger partial charge in [0.2, 0.25) is 0 Å². The zero-order valence-electron chi connectivity index (χ0n) is 12.7. The van der Waals surface area contributed by atoms with Gasteiger partial charge in [0.15, 0.2) is 0 Å². The van der Waals surface area contributed by atoms with E-state index in [1.807, 2.05) is 42.1 Å². The summed E-state index contributed by atoms with van der Waals surface area (Å²) in [5.41, 5.74) is 2.51. The zero-order valence-corrected chi connectivity index (χ0v) is 13.5. The van der Waals surface area contributed by atoms with Crippen molar-refractivity contribution in [3.63, 3.8) is 0 Å². The van der Waals surface area contributed by atoms with Crippen molar-refractivity contribution >= 4 is 23.1 Å². The van der Waals surface area contributed by atoms with Crippen LogP contribution >= 0.6 is 11.8 Å². The Morgan fingerprint density at radius 3 is 1.91 bits per heavy atom. The summed E-state index contributed by atoms with van der Waals surface area (Å²) in [6, 6.07) is 27.1. The van der Waals surface area contributed by atoms with Crippen molar-refractivity contribution in [3.05, 3.63) is 78.9 Å². The Hall–Kier alpha value is -2.39. The van der Waals surface area contributed by atoms with Gasteiger partial charge in [0.1, 0.15) is 12.4 Å². The van der Waals surface area contributed by atoms with Crippen molar-refractivity contribution in [2.45, 2.75) is 9.79 Å². The first-order valence-corrected chi connectivity index (χ1v) is 8.55. The van der Waals surface area contributed by atoms with Crippen LogP contribution in [0.5, 0.6) is 5.75 Å². The fourth-order valence-electron chi connectivity index (χ4n) is 2.79. The SMILES string of the molecule is c1ccc(OCCN2c3ccccc3Sc3ccccc32)cc1. The van der Waals surface area contributed by atoms with Crippen LogP contribution in [0.25, 0.3) is 0 Å². The van der Waals surface area contributed by atoms with Crippen molar-refractivity contribution in [3.8, 4) is 5.75 Å². The topological polar surface area (TPSA) is 12.5 Å². The molecular weight excluding hydrogens is 302 g/mol. The predicted octanol–water partition coefficient (Wildman–Crippen LogP) is 5.37. The number of hydrogen-bond donors (Lipinski definition) is 0. The first-order chi connectivity index (χ1) is 11.4. The van der Waals surface area contributed by atoms with Crippen molar-refractivity contribution in [1.29, 1.82) is 0 Å². The second-order valence-corrected chi connectivity index (χ2v) is 6.43. The van der Waals surface area contributed by atoms with Gasteiger partial charge < -0.3 is 9.64 Å². The molecule has 2 nitrogen and oxygen atoms in total. The maximum absolute atomic E-state index is 5.89. The summed E-state index contributed by atoms with van der Waals surface area (Å²) in [6.07, 6.45) is 0. The normalized spacial score (nSPS) is 12.4. The third kappa shape index (κ3) is 2.92.